The molecular formula is C25H34N4O2. The molecule has 0 radical (unpaired) electrons. The van der Waals surface area contributed by atoms with Crippen LogP contribution in [0.3, 0.4) is 0 Å². The number of carbonyl (C=O) groups is 2. The van der Waals surface area contributed by atoms with E-state index in [0.717, 1.165) is 56.9 Å². The van der Waals surface area contributed by atoms with Crippen LogP contribution in [-0.2, 0) is 29.0 Å². The molecule has 2 fully saturated rings. The summed E-state index contributed by atoms with van der Waals surface area (Å²) in [5.41, 5.74) is 3.51. The van der Waals surface area contributed by atoms with Crippen LogP contribution >= 0.6 is 0 Å². The number of piperidine rings is 1. The molecule has 166 valence electrons. The lowest BCUT2D eigenvalue weighted by atomic mass is 9.89. The van der Waals surface area contributed by atoms with Gasteiger partial charge in [0.1, 0.15) is 6.54 Å². The van der Waals surface area contributed by atoms with Crippen molar-refractivity contribution in [3.05, 3.63) is 53.3 Å². The van der Waals surface area contributed by atoms with E-state index in [1.165, 1.54) is 24.0 Å². The first-order valence-electron chi connectivity index (χ1n) is 11.7. The summed E-state index contributed by atoms with van der Waals surface area (Å²) in [6.07, 6.45) is 8.92. The second kappa shape index (κ2) is 10.1. The average molecular weight is 423 g/mol. The standard InChI is InChI=1S/C25H34N4O2/c1-19-10-15-29(27-19)18-25(31)28-13-11-22(12-14-28)16-21-4-2-20(3-5-21)8-9-24(30)26-17-23-6-7-23/h2-5,10,15,22-23H,6-9,11-14,16-18H2,1H3,(H,26,30). The average Bonchev–Trinajstić information content (AvgIpc) is 3.52. The van der Waals surface area contributed by atoms with Gasteiger partial charge in [0.05, 0.1) is 5.69 Å². The van der Waals surface area contributed by atoms with E-state index in [2.05, 4.69) is 34.7 Å². The number of benzene rings is 1. The quantitative estimate of drug-likeness (QED) is 0.675. The molecule has 4 rings (SSSR count). The molecule has 0 spiro atoms. The molecule has 0 unspecified atom stereocenters. The van der Waals surface area contributed by atoms with Gasteiger partial charge >= 0.3 is 0 Å². The first-order valence-corrected chi connectivity index (χ1v) is 11.7. The zero-order valence-corrected chi connectivity index (χ0v) is 18.6. The third kappa shape index (κ3) is 6.68. The molecule has 2 amide bonds. The minimum absolute atomic E-state index is 0.159. The predicted molar refractivity (Wildman–Crippen MR) is 120 cm³/mol. The highest BCUT2D eigenvalue weighted by Crippen LogP contribution is 2.27. The van der Waals surface area contributed by atoms with Gasteiger partial charge in [-0.25, -0.2) is 0 Å². The largest absolute Gasteiger partial charge is 0.356 e. The van der Waals surface area contributed by atoms with Gasteiger partial charge in [-0.1, -0.05) is 24.3 Å². The van der Waals surface area contributed by atoms with E-state index in [9.17, 15) is 9.59 Å². The number of nitrogens with one attached hydrogen (secondary N) is 1. The van der Waals surface area contributed by atoms with Gasteiger partial charge in [0.15, 0.2) is 0 Å². The lowest BCUT2D eigenvalue weighted by Gasteiger charge is -2.32. The van der Waals surface area contributed by atoms with Crippen LogP contribution in [0.5, 0.6) is 0 Å². The number of nitrogens with zero attached hydrogens (tertiary/aromatic N) is 3. The van der Waals surface area contributed by atoms with Gasteiger partial charge in [-0.2, -0.15) is 5.10 Å². The fourth-order valence-electron chi connectivity index (χ4n) is 4.28. The van der Waals surface area contributed by atoms with E-state index in [0.29, 0.717) is 18.9 Å². The maximum absolute atomic E-state index is 12.5. The Morgan fingerprint density at radius 3 is 2.35 bits per heavy atom. The predicted octanol–water partition coefficient (Wildman–Crippen LogP) is 3.13. The van der Waals surface area contributed by atoms with E-state index < -0.39 is 0 Å². The molecule has 1 aromatic heterocycles. The van der Waals surface area contributed by atoms with Crippen molar-refractivity contribution in [2.24, 2.45) is 11.8 Å². The number of carbonyl (C=O) groups excluding carboxylic acids is 2. The molecule has 1 saturated carbocycles. The zero-order valence-electron chi connectivity index (χ0n) is 18.6. The number of hydrogen-bond donors (Lipinski definition) is 1. The number of hydrogen-bond acceptors (Lipinski definition) is 3. The monoisotopic (exact) mass is 422 g/mol. The molecule has 2 heterocycles. The van der Waals surface area contributed by atoms with Crippen molar-refractivity contribution in [1.29, 1.82) is 0 Å². The van der Waals surface area contributed by atoms with Crippen molar-refractivity contribution in [2.75, 3.05) is 19.6 Å². The highest BCUT2D eigenvalue weighted by Gasteiger charge is 2.23. The molecule has 2 aliphatic rings. The molecule has 0 bridgehead atoms. The number of aryl methyl sites for hydroxylation is 2. The normalized spacial score (nSPS) is 17.0. The third-order valence-corrected chi connectivity index (χ3v) is 6.51. The smallest absolute Gasteiger partial charge is 0.244 e. The number of aromatic nitrogens is 2. The topological polar surface area (TPSA) is 67.2 Å². The molecule has 0 atom stereocenters. The van der Waals surface area contributed by atoms with Gasteiger partial charge in [0.2, 0.25) is 11.8 Å². The summed E-state index contributed by atoms with van der Waals surface area (Å²) in [7, 11) is 0. The molecule has 31 heavy (non-hydrogen) atoms. The second-order valence-corrected chi connectivity index (χ2v) is 9.25. The van der Waals surface area contributed by atoms with E-state index in [1.807, 2.05) is 24.1 Å². The third-order valence-electron chi connectivity index (χ3n) is 6.51. The van der Waals surface area contributed by atoms with E-state index in [4.69, 9.17) is 0 Å². The van der Waals surface area contributed by atoms with Crippen LogP contribution in [0.25, 0.3) is 0 Å². The summed E-state index contributed by atoms with van der Waals surface area (Å²) < 4.78 is 1.72. The molecular weight excluding hydrogens is 388 g/mol. The Bertz CT molecular complexity index is 877. The fraction of sp³-hybridized carbons (Fsp3) is 0.560. The van der Waals surface area contributed by atoms with Crippen LogP contribution in [0, 0.1) is 18.8 Å². The van der Waals surface area contributed by atoms with Crippen LogP contribution in [0.4, 0.5) is 0 Å². The highest BCUT2D eigenvalue weighted by molar-refractivity contribution is 5.76. The van der Waals surface area contributed by atoms with Crippen molar-refractivity contribution in [3.63, 3.8) is 0 Å². The van der Waals surface area contributed by atoms with Crippen molar-refractivity contribution in [1.82, 2.24) is 20.0 Å². The Kier molecular flexibility index (Phi) is 7.05. The first-order chi connectivity index (χ1) is 15.0. The Morgan fingerprint density at radius 2 is 1.71 bits per heavy atom. The fourth-order valence-corrected chi connectivity index (χ4v) is 4.28. The Morgan fingerprint density at radius 1 is 1.00 bits per heavy atom. The van der Waals surface area contributed by atoms with Crippen molar-refractivity contribution < 1.29 is 9.59 Å². The second-order valence-electron chi connectivity index (χ2n) is 9.25. The summed E-state index contributed by atoms with van der Waals surface area (Å²) in [6.45, 7) is 4.78. The number of amides is 2. The van der Waals surface area contributed by atoms with Gasteiger partial charge in [-0.3, -0.25) is 14.3 Å². The van der Waals surface area contributed by atoms with Gasteiger partial charge in [0, 0.05) is 32.3 Å². The zero-order chi connectivity index (χ0) is 21.6. The summed E-state index contributed by atoms with van der Waals surface area (Å²) in [5.74, 6) is 1.68. The van der Waals surface area contributed by atoms with Crippen molar-refractivity contribution >= 4 is 11.8 Å². The van der Waals surface area contributed by atoms with Crippen LogP contribution in [-0.4, -0.2) is 46.1 Å². The minimum Gasteiger partial charge on any atom is -0.356 e. The van der Waals surface area contributed by atoms with E-state index in [1.54, 1.807) is 4.68 Å². The van der Waals surface area contributed by atoms with Gasteiger partial charge in [-0.15, -0.1) is 0 Å². The maximum Gasteiger partial charge on any atom is 0.244 e. The van der Waals surface area contributed by atoms with E-state index >= 15 is 0 Å². The van der Waals surface area contributed by atoms with Crippen LogP contribution in [0.15, 0.2) is 36.5 Å². The molecule has 1 aromatic carbocycles. The van der Waals surface area contributed by atoms with Crippen molar-refractivity contribution in [2.45, 2.75) is 58.4 Å². The Labute approximate surface area is 185 Å². The summed E-state index contributed by atoms with van der Waals surface area (Å²) in [4.78, 5) is 26.4. The Hall–Kier alpha value is -2.63. The minimum atomic E-state index is 0.159. The molecule has 1 saturated heterocycles. The first kappa shape index (κ1) is 21.6. The summed E-state index contributed by atoms with van der Waals surface area (Å²) in [6, 6.07) is 10.7. The number of rotatable bonds is 9. The Balaban J connectivity index is 1.16. The van der Waals surface area contributed by atoms with Crippen molar-refractivity contribution in [3.8, 4) is 0 Å². The summed E-state index contributed by atoms with van der Waals surface area (Å²) in [5, 5.41) is 7.35. The lowest BCUT2D eigenvalue weighted by molar-refractivity contribution is -0.133. The molecule has 1 aliphatic carbocycles. The molecule has 6 nitrogen and oxygen atoms in total. The van der Waals surface area contributed by atoms with Gasteiger partial charge in [-0.05, 0) is 74.5 Å². The van der Waals surface area contributed by atoms with Gasteiger partial charge < -0.3 is 10.2 Å². The summed E-state index contributed by atoms with van der Waals surface area (Å²) >= 11 is 0. The maximum atomic E-state index is 12.5. The molecule has 2 aromatic rings. The number of likely N-dealkylation sites (tertiary alicyclic amines) is 1. The van der Waals surface area contributed by atoms with Crippen LogP contribution in [0.2, 0.25) is 0 Å². The SMILES string of the molecule is Cc1ccn(CC(=O)N2CCC(Cc3ccc(CCC(=O)NCC4CC4)cc3)CC2)n1. The van der Waals surface area contributed by atoms with Gasteiger partial charge in [0.25, 0.3) is 0 Å². The van der Waals surface area contributed by atoms with Crippen LogP contribution < -0.4 is 5.32 Å². The molecule has 1 N–H and O–H groups in total. The molecule has 1 aliphatic heterocycles. The van der Waals surface area contributed by atoms with Crippen LogP contribution in [0.1, 0.15) is 48.9 Å². The highest BCUT2D eigenvalue weighted by atomic mass is 16.2. The lowest BCUT2D eigenvalue weighted by Crippen LogP contribution is -2.40. The molecule has 6 heteroatoms. The van der Waals surface area contributed by atoms with E-state index in [-0.39, 0.29) is 11.8 Å².